The van der Waals surface area contributed by atoms with Gasteiger partial charge in [0.15, 0.2) is 5.78 Å². The van der Waals surface area contributed by atoms with E-state index in [1.165, 1.54) is 0 Å². The molecule has 1 nitrogen and oxygen atoms in total. The van der Waals surface area contributed by atoms with Crippen LogP contribution in [0, 0.1) is 10.8 Å². The van der Waals surface area contributed by atoms with E-state index >= 15 is 0 Å². The predicted molar refractivity (Wildman–Crippen MR) is 76.5 cm³/mol. The molecule has 2 rings (SSSR count). The van der Waals surface area contributed by atoms with E-state index in [2.05, 4.69) is 77.6 Å². The van der Waals surface area contributed by atoms with Crippen LogP contribution >= 0.6 is 63.7 Å². The van der Waals surface area contributed by atoms with Crippen molar-refractivity contribution in [3.05, 3.63) is 0 Å². The van der Waals surface area contributed by atoms with Gasteiger partial charge in [-0.2, -0.15) is 0 Å². The highest BCUT2D eigenvalue weighted by Gasteiger charge is 2.75. The molecule has 0 spiro atoms. The minimum Gasteiger partial charge on any atom is -0.297 e. The molecule has 0 unspecified atom stereocenters. The fourth-order valence-corrected chi connectivity index (χ4v) is 8.58. The maximum Gasteiger partial charge on any atom is 0.156 e. The number of alkyl halides is 4. The van der Waals surface area contributed by atoms with Crippen LogP contribution in [0.25, 0.3) is 0 Å². The lowest BCUT2D eigenvalue weighted by atomic mass is 9.65. The van der Waals surface area contributed by atoms with E-state index in [0.717, 1.165) is 12.8 Å². The minimum absolute atomic E-state index is 0.0480. The zero-order valence-electron chi connectivity index (χ0n) is 8.49. The fourth-order valence-electron chi connectivity index (χ4n) is 3.13. The fraction of sp³-hybridized carbons (Fsp3) is 0.900. The third-order valence-corrected chi connectivity index (χ3v) is 9.32. The van der Waals surface area contributed by atoms with Gasteiger partial charge in [-0.25, -0.2) is 0 Å². The van der Waals surface area contributed by atoms with Crippen LogP contribution in [0.15, 0.2) is 0 Å². The van der Waals surface area contributed by atoms with Gasteiger partial charge in [0.25, 0.3) is 0 Å². The van der Waals surface area contributed by atoms with Gasteiger partial charge < -0.3 is 0 Å². The van der Waals surface area contributed by atoms with Gasteiger partial charge in [0.05, 0.1) is 8.06 Å². The summed E-state index contributed by atoms with van der Waals surface area (Å²) in [6.07, 6.45) is 1.97. The van der Waals surface area contributed by atoms with E-state index in [1.54, 1.807) is 0 Å². The van der Waals surface area contributed by atoms with Gasteiger partial charge in [-0.3, -0.25) is 4.79 Å². The van der Waals surface area contributed by atoms with Crippen molar-refractivity contribution in [2.75, 3.05) is 0 Å². The lowest BCUT2D eigenvalue weighted by Crippen LogP contribution is -2.45. The van der Waals surface area contributed by atoms with E-state index < -0.39 is 0 Å². The summed E-state index contributed by atoms with van der Waals surface area (Å²) < 4.78 is -0.209. The number of halogens is 4. The molecule has 0 aromatic carbocycles. The predicted octanol–water partition coefficient (Wildman–Crippen LogP) is 4.39. The molecule has 5 heteroatoms. The summed E-state index contributed by atoms with van der Waals surface area (Å²) in [7, 11) is 0. The van der Waals surface area contributed by atoms with Gasteiger partial charge in [0.2, 0.25) is 0 Å². The van der Waals surface area contributed by atoms with Crippen LogP contribution in [0.2, 0.25) is 0 Å². The van der Waals surface area contributed by atoms with Crippen molar-refractivity contribution in [1.29, 1.82) is 0 Å². The first-order chi connectivity index (χ1) is 6.71. The van der Waals surface area contributed by atoms with Gasteiger partial charge in [-0.1, -0.05) is 77.6 Å². The van der Waals surface area contributed by atoms with Gasteiger partial charge in [0.1, 0.15) is 0 Å². The number of hydrogen-bond acceptors (Lipinski definition) is 1. The molecule has 15 heavy (non-hydrogen) atoms. The van der Waals surface area contributed by atoms with Crippen molar-refractivity contribution >= 4 is 69.5 Å². The monoisotopic (exact) mass is 464 g/mol. The first-order valence-electron chi connectivity index (χ1n) is 4.87. The molecule has 0 radical (unpaired) electrons. The Morgan fingerprint density at radius 1 is 1.33 bits per heavy atom. The topological polar surface area (TPSA) is 17.1 Å². The second-order valence-corrected chi connectivity index (χ2v) is 10.4. The van der Waals surface area contributed by atoms with Crippen LogP contribution in [0.5, 0.6) is 0 Å². The van der Waals surface area contributed by atoms with E-state index in [0.29, 0.717) is 5.78 Å². The summed E-state index contributed by atoms with van der Waals surface area (Å²) in [6, 6.07) is 0. The summed E-state index contributed by atoms with van der Waals surface area (Å²) in [5.74, 6) is 0.326. The van der Waals surface area contributed by atoms with Crippen LogP contribution in [-0.4, -0.2) is 18.7 Å². The number of carbonyl (C=O) groups excluding carboxylic acids is 1. The van der Waals surface area contributed by atoms with E-state index in [4.69, 9.17) is 0 Å². The molecule has 0 aliphatic heterocycles. The summed E-state index contributed by atoms with van der Waals surface area (Å²) in [5.41, 5.74) is -0.353. The molecule has 2 aliphatic rings. The lowest BCUT2D eigenvalue weighted by Gasteiger charge is -2.43. The van der Waals surface area contributed by atoms with Crippen molar-refractivity contribution in [2.45, 2.75) is 39.6 Å². The molecular formula is C10H12Br4O. The largest absolute Gasteiger partial charge is 0.297 e. The second kappa shape index (κ2) is 3.55. The molecule has 0 aromatic heterocycles. The number of ketones is 1. The van der Waals surface area contributed by atoms with Crippen LogP contribution in [0.1, 0.15) is 26.7 Å². The SMILES string of the molecule is CC1(C)C(=O)[C@@]2(Br)CC[C@]1(C(Br)Br)[C@H]2Br. The highest BCUT2D eigenvalue weighted by molar-refractivity contribution is 9.24. The summed E-state index contributed by atoms with van der Waals surface area (Å²) in [4.78, 5) is 12.6. The molecule has 2 saturated carbocycles. The van der Waals surface area contributed by atoms with Crippen molar-refractivity contribution in [3.8, 4) is 0 Å². The first kappa shape index (κ1) is 13.0. The Hall–Kier alpha value is 1.59. The first-order valence-corrected chi connectivity index (χ1v) is 8.41. The zero-order chi connectivity index (χ0) is 11.6. The molecule has 3 atom stereocenters. The second-order valence-electron chi connectivity index (χ2n) is 5.02. The standard InChI is InChI=1S/C10H12Br4O/c1-8(2)6(15)10(14)4-3-9(8,5(10)11)7(12)13/h5,7H,3-4H2,1-2H3/t5-,9-,10-/m1/s1. The maximum atomic E-state index is 12.4. The molecular weight excluding hydrogens is 456 g/mol. The molecule has 0 amide bonds. The quantitative estimate of drug-likeness (QED) is 0.523. The molecule has 0 N–H and O–H groups in total. The van der Waals surface area contributed by atoms with Crippen molar-refractivity contribution in [3.63, 3.8) is 0 Å². The summed E-state index contributed by atoms with van der Waals surface area (Å²) in [5, 5.41) is 0. The zero-order valence-corrected chi connectivity index (χ0v) is 14.8. The average Bonchev–Trinajstić information content (AvgIpc) is 2.45. The van der Waals surface area contributed by atoms with E-state index in [9.17, 15) is 4.79 Å². The maximum absolute atomic E-state index is 12.4. The Morgan fingerprint density at radius 2 is 1.87 bits per heavy atom. The molecule has 86 valence electrons. The minimum atomic E-state index is -0.365. The van der Waals surface area contributed by atoms with Crippen LogP contribution in [-0.2, 0) is 4.79 Å². The number of hydrogen-bond donors (Lipinski definition) is 0. The van der Waals surface area contributed by atoms with Crippen molar-refractivity contribution in [2.24, 2.45) is 10.8 Å². The molecule has 2 bridgehead atoms. The van der Waals surface area contributed by atoms with Crippen molar-refractivity contribution < 1.29 is 4.79 Å². The molecule has 0 saturated heterocycles. The number of Topliss-reactive ketones (excluding diaryl/α,β-unsaturated/α-hetero) is 1. The highest BCUT2D eigenvalue weighted by atomic mass is 79.9. The summed E-state index contributed by atoms with van der Waals surface area (Å²) >= 11 is 14.6. The van der Waals surface area contributed by atoms with Crippen LogP contribution < -0.4 is 0 Å². The molecule has 2 fully saturated rings. The Balaban J connectivity index is 2.61. The number of rotatable bonds is 1. The number of carbonyl (C=O) groups is 1. The Kier molecular flexibility index (Phi) is 3.08. The van der Waals surface area contributed by atoms with Gasteiger partial charge >= 0.3 is 0 Å². The third kappa shape index (κ3) is 1.27. The Labute approximate surface area is 124 Å². The van der Waals surface area contributed by atoms with Gasteiger partial charge in [-0.15, -0.1) is 0 Å². The summed E-state index contributed by atoms with van der Waals surface area (Å²) in [6.45, 7) is 4.11. The highest BCUT2D eigenvalue weighted by Crippen LogP contribution is 2.72. The smallest absolute Gasteiger partial charge is 0.156 e. The lowest BCUT2D eigenvalue weighted by molar-refractivity contribution is -0.131. The van der Waals surface area contributed by atoms with Crippen LogP contribution in [0.4, 0.5) is 0 Å². The van der Waals surface area contributed by atoms with Gasteiger partial charge in [0, 0.05) is 15.7 Å². The Bertz CT molecular complexity index is 327. The third-order valence-electron chi connectivity index (χ3n) is 4.25. The normalized spacial score (nSPS) is 47.9. The van der Waals surface area contributed by atoms with E-state index in [1.807, 2.05) is 0 Å². The number of fused-ring (bicyclic) bond motifs is 2. The Morgan fingerprint density at radius 3 is 2.13 bits per heavy atom. The van der Waals surface area contributed by atoms with E-state index in [-0.39, 0.29) is 23.7 Å². The molecule has 0 aromatic rings. The van der Waals surface area contributed by atoms with Gasteiger partial charge in [-0.05, 0) is 12.8 Å². The molecule has 0 heterocycles. The molecule has 2 aliphatic carbocycles. The average molecular weight is 468 g/mol. The van der Waals surface area contributed by atoms with Crippen molar-refractivity contribution in [1.82, 2.24) is 0 Å². The van der Waals surface area contributed by atoms with Crippen LogP contribution in [0.3, 0.4) is 0 Å².